The predicted octanol–water partition coefficient (Wildman–Crippen LogP) is 5.04. The first kappa shape index (κ1) is 20.8. The van der Waals surface area contributed by atoms with E-state index in [4.69, 9.17) is 0 Å². The molecule has 158 valence electrons. The summed E-state index contributed by atoms with van der Waals surface area (Å²) >= 11 is 1.47. The summed E-state index contributed by atoms with van der Waals surface area (Å²) in [5.41, 5.74) is 0.342. The Labute approximate surface area is 178 Å². The summed E-state index contributed by atoms with van der Waals surface area (Å²) in [6.07, 6.45) is 9.12. The highest BCUT2D eigenvalue weighted by Gasteiger charge is 2.51. The summed E-state index contributed by atoms with van der Waals surface area (Å²) in [6.45, 7) is 2.83. The Morgan fingerprint density at radius 2 is 1.55 bits per heavy atom. The summed E-state index contributed by atoms with van der Waals surface area (Å²) in [7, 11) is 1.91. The molecule has 4 fully saturated rings. The summed E-state index contributed by atoms with van der Waals surface area (Å²) in [6, 6.07) is 3.76. The number of thiophene rings is 1. The van der Waals surface area contributed by atoms with Crippen molar-refractivity contribution in [2.24, 2.45) is 23.2 Å². The molecule has 0 aromatic carbocycles. The van der Waals surface area contributed by atoms with Gasteiger partial charge in [-0.3, -0.25) is 14.4 Å². The van der Waals surface area contributed by atoms with Gasteiger partial charge in [-0.25, -0.2) is 0 Å². The molecule has 4 aliphatic rings. The molecule has 0 spiro atoms. The van der Waals surface area contributed by atoms with Crippen LogP contribution < -0.4 is 0 Å². The largest absolute Gasteiger partial charge is 0.345 e. The van der Waals surface area contributed by atoms with Gasteiger partial charge in [-0.15, -0.1) is 11.3 Å². The Hall–Kier alpha value is -1.49. The summed E-state index contributed by atoms with van der Waals surface area (Å²) in [4.78, 5) is 40.7. The minimum absolute atomic E-state index is 0.0168. The molecule has 29 heavy (non-hydrogen) atoms. The molecule has 0 N–H and O–H groups in total. The molecule has 0 unspecified atom stereocenters. The monoisotopic (exact) mass is 415 g/mol. The zero-order valence-electron chi connectivity index (χ0n) is 17.7. The van der Waals surface area contributed by atoms with Crippen LogP contribution in [0.4, 0.5) is 0 Å². The molecule has 4 nitrogen and oxygen atoms in total. The van der Waals surface area contributed by atoms with Crippen molar-refractivity contribution in [3.8, 4) is 0 Å². The topological polar surface area (TPSA) is 54.5 Å². The highest BCUT2D eigenvalue weighted by Crippen LogP contribution is 2.60. The molecule has 5 rings (SSSR count). The smallest absolute Gasteiger partial charge is 0.222 e. The molecule has 1 aromatic heterocycles. The highest BCUT2D eigenvalue weighted by atomic mass is 32.1. The second-order valence-corrected chi connectivity index (χ2v) is 11.3. The van der Waals surface area contributed by atoms with Crippen LogP contribution in [0.5, 0.6) is 0 Å². The van der Waals surface area contributed by atoms with Gasteiger partial charge < -0.3 is 4.90 Å². The van der Waals surface area contributed by atoms with Gasteiger partial charge in [-0.1, -0.05) is 0 Å². The fraction of sp³-hybridized carbons (Fsp3) is 0.708. The molecule has 5 heteroatoms. The number of amides is 1. The van der Waals surface area contributed by atoms with Crippen molar-refractivity contribution in [3.63, 3.8) is 0 Å². The average molecular weight is 416 g/mol. The maximum absolute atomic E-state index is 12.6. The molecule has 1 amide bonds. The maximum Gasteiger partial charge on any atom is 0.222 e. The molecule has 4 bridgehead atoms. The van der Waals surface area contributed by atoms with Crippen LogP contribution in [0.15, 0.2) is 12.1 Å². The number of ketones is 2. The lowest BCUT2D eigenvalue weighted by Crippen LogP contribution is -2.51. The van der Waals surface area contributed by atoms with Gasteiger partial charge >= 0.3 is 0 Å². The third kappa shape index (κ3) is 4.82. The molecule has 0 radical (unpaired) electrons. The Kier molecular flexibility index (Phi) is 5.97. The van der Waals surface area contributed by atoms with Crippen LogP contribution in [0.3, 0.4) is 0 Å². The van der Waals surface area contributed by atoms with E-state index in [2.05, 4.69) is 0 Å². The Balaban J connectivity index is 1.20. The molecule has 1 aromatic rings. The third-order valence-corrected chi connectivity index (χ3v) is 8.47. The van der Waals surface area contributed by atoms with Crippen LogP contribution in [0.25, 0.3) is 0 Å². The van der Waals surface area contributed by atoms with Crippen molar-refractivity contribution >= 4 is 28.8 Å². The molecular formula is C24H33NO3S. The molecule has 4 saturated carbocycles. The van der Waals surface area contributed by atoms with E-state index < -0.39 is 0 Å². The van der Waals surface area contributed by atoms with Gasteiger partial charge in [0.1, 0.15) is 5.78 Å². The van der Waals surface area contributed by atoms with Crippen molar-refractivity contribution in [1.29, 1.82) is 0 Å². The van der Waals surface area contributed by atoms with Gasteiger partial charge in [0, 0.05) is 44.2 Å². The number of carbonyl (C=O) groups is 3. The molecule has 4 aliphatic carbocycles. The van der Waals surface area contributed by atoms with E-state index in [0.717, 1.165) is 34.1 Å². The summed E-state index contributed by atoms with van der Waals surface area (Å²) in [5.74, 6) is 2.78. The summed E-state index contributed by atoms with van der Waals surface area (Å²) < 4.78 is 0. The molecule has 0 saturated heterocycles. The molecular weight excluding hydrogens is 382 g/mol. The van der Waals surface area contributed by atoms with Gasteiger partial charge in [0.15, 0.2) is 5.78 Å². The first-order valence-corrected chi connectivity index (χ1v) is 12.0. The van der Waals surface area contributed by atoms with Crippen molar-refractivity contribution < 1.29 is 14.4 Å². The molecule has 0 aliphatic heterocycles. The standard InChI is InChI=1S/C24H33NO3S/c1-16-3-7-22(29-16)21(27)6-4-20(26)5-8-23(28)25(2)15-24-12-17-9-18(13-24)11-19(10-17)14-24/h3,7,17-19H,4-6,8-15H2,1-2H3. The van der Waals surface area contributed by atoms with Crippen LogP contribution >= 0.6 is 11.3 Å². The van der Waals surface area contributed by atoms with E-state index in [0.29, 0.717) is 5.41 Å². The zero-order valence-corrected chi connectivity index (χ0v) is 18.6. The lowest BCUT2D eigenvalue weighted by Gasteiger charge is -2.57. The van der Waals surface area contributed by atoms with Crippen LogP contribution in [0, 0.1) is 30.1 Å². The van der Waals surface area contributed by atoms with Crippen LogP contribution in [0.1, 0.15) is 78.8 Å². The lowest BCUT2D eigenvalue weighted by atomic mass is 9.49. The van der Waals surface area contributed by atoms with E-state index in [1.807, 2.05) is 31.0 Å². The van der Waals surface area contributed by atoms with Crippen molar-refractivity contribution in [2.75, 3.05) is 13.6 Å². The second kappa shape index (κ2) is 8.33. The molecule has 1 heterocycles. The van der Waals surface area contributed by atoms with E-state index in [1.165, 1.54) is 49.9 Å². The lowest BCUT2D eigenvalue weighted by molar-refractivity contribution is -0.136. The first-order chi connectivity index (χ1) is 13.8. The number of nitrogens with zero attached hydrogens (tertiary/aromatic N) is 1. The van der Waals surface area contributed by atoms with Gasteiger partial charge in [-0.05, 0) is 80.8 Å². The van der Waals surface area contributed by atoms with Crippen molar-refractivity contribution in [3.05, 3.63) is 21.9 Å². The normalized spacial score (nSPS) is 29.8. The van der Waals surface area contributed by atoms with E-state index in [1.54, 1.807) is 0 Å². The Bertz CT molecular complexity index is 761. The van der Waals surface area contributed by atoms with E-state index >= 15 is 0 Å². The maximum atomic E-state index is 12.6. The average Bonchev–Trinajstić information content (AvgIpc) is 3.09. The van der Waals surface area contributed by atoms with Crippen LogP contribution in [-0.4, -0.2) is 36.0 Å². The zero-order chi connectivity index (χ0) is 20.6. The van der Waals surface area contributed by atoms with Crippen LogP contribution in [0.2, 0.25) is 0 Å². The Morgan fingerprint density at radius 3 is 2.10 bits per heavy atom. The molecule has 0 atom stereocenters. The minimum atomic E-state index is 0.0168. The minimum Gasteiger partial charge on any atom is -0.345 e. The first-order valence-electron chi connectivity index (χ1n) is 11.2. The second-order valence-electron chi connectivity index (χ2n) is 10.0. The van der Waals surface area contributed by atoms with Gasteiger partial charge in [0.05, 0.1) is 4.88 Å². The van der Waals surface area contributed by atoms with E-state index in [9.17, 15) is 14.4 Å². The highest BCUT2D eigenvalue weighted by molar-refractivity contribution is 7.14. The number of rotatable bonds is 9. The van der Waals surface area contributed by atoms with Crippen molar-refractivity contribution in [1.82, 2.24) is 4.90 Å². The number of Topliss-reactive ketones (excluding diaryl/α,β-unsaturated/α-hetero) is 2. The van der Waals surface area contributed by atoms with Gasteiger partial charge in [-0.2, -0.15) is 0 Å². The Morgan fingerprint density at radius 1 is 0.966 bits per heavy atom. The van der Waals surface area contributed by atoms with E-state index in [-0.39, 0.29) is 43.2 Å². The predicted molar refractivity (Wildman–Crippen MR) is 115 cm³/mol. The van der Waals surface area contributed by atoms with Crippen molar-refractivity contribution in [2.45, 2.75) is 71.1 Å². The third-order valence-electron chi connectivity index (χ3n) is 7.43. The van der Waals surface area contributed by atoms with Gasteiger partial charge in [0.25, 0.3) is 0 Å². The quantitative estimate of drug-likeness (QED) is 0.531. The number of hydrogen-bond acceptors (Lipinski definition) is 4. The number of carbonyl (C=O) groups excluding carboxylic acids is 3. The SMILES string of the molecule is Cc1ccc(C(=O)CCC(=O)CCC(=O)N(C)CC23CC4CC(CC(C4)C2)C3)s1. The fourth-order valence-electron chi connectivity index (χ4n) is 6.60. The summed E-state index contributed by atoms with van der Waals surface area (Å²) in [5, 5.41) is 0. The van der Waals surface area contributed by atoms with Crippen LogP contribution in [-0.2, 0) is 9.59 Å². The van der Waals surface area contributed by atoms with Gasteiger partial charge in [0.2, 0.25) is 5.91 Å². The number of hydrogen-bond donors (Lipinski definition) is 0. The number of aryl methyl sites for hydroxylation is 1. The fourth-order valence-corrected chi connectivity index (χ4v) is 7.43.